The lowest BCUT2D eigenvalue weighted by molar-refractivity contribution is 1.01. The molecule has 0 unspecified atom stereocenters. The molecule has 0 saturated carbocycles. The van der Waals surface area contributed by atoms with Crippen molar-refractivity contribution in [3.63, 3.8) is 0 Å². The van der Waals surface area contributed by atoms with Crippen molar-refractivity contribution >= 4 is 34.4 Å². The van der Waals surface area contributed by atoms with E-state index in [9.17, 15) is 0 Å². The van der Waals surface area contributed by atoms with Gasteiger partial charge in [-0.2, -0.15) is 11.3 Å². The van der Waals surface area contributed by atoms with Gasteiger partial charge in [0, 0.05) is 6.54 Å². The monoisotopic (exact) mass is 263 g/mol. The zero-order valence-electron chi connectivity index (χ0n) is 9.22. The van der Waals surface area contributed by atoms with Crippen LogP contribution in [0.3, 0.4) is 0 Å². The van der Waals surface area contributed by atoms with Gasteiger partial charge >= 0.3 is 0 Å². The second-order valence-corrected chi connectivity index (χ2v) is 4.80. The Kier molecular flexibility index (Phi) is 4.06. The summed E-state index contributed by atoms with van der Waals surface area (Å²) < 4.78 is 0. The van der Waals surface area contributed by atoms with E-state index in [2.05, 4.69) is 27.1 Å². The summed E-state index contributed by atoms with van der Waals surface area (Å²) in [5.41, 5.74) is 7.53. The lowest BCUT2D eigenvalue weighted by Gasteiger charge is -2.06. The fourth-order valence-corrected chi connectivity index (χ4v) is 2.26. The van der Waals surface area contributed by atoms with Crippen LogP contribution in [0.4, 0.5) is 5.82 Å². The number of anilines is 1. The van der Waals surface area contributed by atoms with E-state index >= 15 is 0 Å². The van der Waals surface area contributed by atoms with Crippen molar-refractivity contribution in [1.29, 1.82) is 0 Å². The summed E-state index contributed by atoms with van der Waals surface area (Å²) in [5, 5.41) is 7.49. The molecule has 0 spiro atoms. The summed E-state index contributed by atoms with van der Waals surface area (Å²) in [7, 11) is 0. The maximum absolute atomic E-state index is 5.53. The minimum absolute atomic E-state index is 0.325. The van der Waals surface area contributed by atoms with Gasteiger partial charge < -0.3 is 11.1 Å². The van der Waals surface area contributed by atoms with E-state index < -0.39 is 0 Å². The molecule has 0 saturated heterocycles. The predicted molar refractivity (Wildman–Crippen MR) is 76.6 cm³/mol. The molecule has 0 amide bonds. The number of nitrogens with zero attached hydrogens (tertiary/aromatic N) is 1. The fourth-order valence-electron chi connectivity index (χ4n) is 1.44. The third-order valence-electron chi connectivity index (χ3n) is 2.30. The number of aromatic nitrogens is 1. The quantitative estimate of drug-likeness (QED) is 0.814. The zero-order valence-corrected chi connectivity index (χ0v) is 10.9. The SMILES string of the molecule is NC(=S)c1cccc(NCCc2ccsc2)n1. The molecule has 17 heavy (non-hydrogen) atoms. The molecule has 0 fully saturated rings. The molecular weight excluding hydrogens is 250 g/mol. The lowest BCUT2D eigenvalue weighted by Crippen LogP contribution is -2.13. The number of hydrogen-bond acceptors (Lipinski definition) is 4. The molecule has 0 aromatic carbocycles. The molecular formula is C12H13N3S2. The highest BCUT2D eigenvalue weighted by atomic mass is 32.1. The van der Waals surface area contributed by atoms with Gasteiger partial charge in [-0.05, 0) is 40.9 Å². The minimum Gasteiger partial charge on any atom is -0.388 e. The molecule has 5 heteroatoms. The van der Waals surface area contributed by atoms with E-state index in [0.717, 1.165) is 18.8 Å². The first-order valence-corrected chi connectivity index (χ1v) is 6.62. The van der Waals surface area contributed by atoms with Gasteiger partial charge in [-0.25, -0.2) is 4.98 Å². The van der Waals surface area contributed by atoms with Gasteiger partial charge in [0.05, 0.1) is 5.69 Å². The van der Waals surface area contributed by atoms with Gasteiger partial charge in [0.25, 0.3) is 0 Å². The van der Waals surface area contributed by atoms with Crippen molar-refractivity contribution in [1.82, 2.24) is 4.98 Å². The Labute approximate surface area is 110 Å². The molecule has 0 aliphatic rings. The summed E-state index contributed by atoms with van der Waals surface area (Å²) in [6.45, 7) is 0.852. The Morgan fingerprint density at radius 2 is 2.29 bits per heavy atom. The Morgan fingerprint density at radius 1 is 1.41 bits per heavy atom. The number of pyridine rings is 1. The normalized spacial score (nSPS) is 10.1. The van der Waals surface area contributed by atoms with Crippen LogP contribution in [0.25, 0.3) is 0 Å². The predicted octanol–water partition coefficient (Wildman–Crippen LogP) is 2.43. The van der Waals surface area contributed by atoms with Crippen LogP contribution in [0.5, 0.6) is 0 Å². The van der Waals surface area contributed by atoms with E-state index in [1.807, 2.05) is 18.2 Å². The van der Waals surface area contributed by atoms with Crippen molar-refractivity contribution in [2.24, 2.45) is 5.73 Å². The highest BCUT2D eigenvalue weighted by molar-refractivity contribution is 7.80. The number of thiocarbonyl (C=S) groups is 1. The summed E-state index contributed by atoms with van der Waals surface area (Å²) in [5.74, 6) is 0.811. The summed E-state index contributed by atoms with van der Waals surface area (Å²) >= 11 is 6.60. The average molecular weight is 263 g/mol. The van der Waals surface area contributed by atoms with E-state index in [1.165, 1.54) is 5.56 Å². The van der Waals surface area contributed by atoms with Gasteiger partial charge in [-0.3, -0.25) is 0 Å². The van der Waals surface area contributed by atoms with Gasteiger partial charge in [-0.1, -0.05) is 18.3 Å². The maximum Gasteiger partial charge on any atom is 0.126 e. The second kappa shape index (κ2) is 5.75. The molecule has 2 rings (SSSR count). The molecule has 2 aromatic heterocycles. The van der Waals surface area contributed by atoms with Crippen LogP contribution in [0, 0.1) is 0 Å². The van der Waals surface area contributed by atoms with Crippen LogP contribution in [0.15, 0.2) is 35.0 Å². The molecule has 2 heterocycles. The van der Waals surface area contributed by atoms with Crippen LogP contribution in [0.1, 0.15) is 11.3 Å². The Hall–Kier alpha value is -1.46. The third kappa shape index (κ3) is 3.51. The summed E-state index contributed by atoms with van der Waals surface area (Å²) in [6, 6.07) is 7.75. The Morgan fingerprint density at radius 3 is 3.00 bits per heavy atom. The fraction of sp³-hybridized carbons (Fsp3) is 0.167. The highest BCUT2D eigenvalue weighted by Gasteiger charge is 1.99. The number of nitrogens with one attached hydrogen (secondary N) is 1. The van der Waals surface area contributed by atoms with Crippen LogP contribution < -0.4 is 11.1 Å². The lowest BCUT2D eigenvalue weighted by atomic mass is 10.2. The van der Waals surface area contributed by atoms with Gasteiger partial charge in [0.1, 0.15) is 10.8 Å². The molecule has 2 aromatic rings. The minimum atomic E-state index is 0.325. The first-order valence-electron chi connectivity index (χ1n) is 5.27. The van der Waals surface area contributed by atoms with Crippen molar-refractivity contribution in [3.05, 3.63) is 46.3 Å². The standard InChI is InChI=1S/C12H13N3S2/c13-12(16)10-2-1-3-11(15-10)14-6-4-9-5-7-17-8-9/h1-3,5,7-8H,4,6H2,(H2,13,16)(H,14,15). The number of hydrogen-bond donors (Lipinski definition) is 2. The zero-order chi connectivity index (χ0) is 12.1. The topological polar surface area (TPSA) is 50.9 Å². The Balaban J connectivity index is 1.90. The average Bonchev–Trinajstić information content (AvgIpc) is 2.82. The molecule has 3 nitrogen and oxygen atoms in total. The van der Waals surface area contributed by atoms with E-state index in [1.54, 1.807) is 11.3 Å². The van der Waals surface area contributed by atoms with E-state index in [-0.39, 0.29) is 0 Å². The first kappa shape index (κ1) is 12.0. The van der Waals surface area contributed by atoms with Crippen LogP contribution in [-0.4, -0.2) is 16.5 Å². The van der Waals surface area contributed by atoms with Crippen molar-refractivity contribution in [2.45, 2.75) is 6.42 Å². The van der Waals surface area contributed by atoms with Crippen LogP contribution >= 0.6 is 23.6 Å². The molecule has 0 atom stereocenters. The number of nitrogens with two attached hydrogens (primary N) is 1. The highest BCUT2D eigenvalue weighted by Crippen LogP contribution is 2.08. The van der Waals surface area contributed by atoms with E-state index in [4.69, 9.17) is 18.0 Å². The van der Waals surface area contributed by atoms with Crippen molar-refractivity contribution in [2.75, 3.05) is 11.9 Å². The van der Waals surface area contributed by atoms with Crippen molar-refractivity contribution in [3.8, 4) is 0 Å². The largest absolute Gasteiger partial charge is 0.388 e. The molecule has 0 radical (unpaired) electrons. The second-order valence-electron chi connectivity index (χ2n) is 3.58. The van der Waals surface area contributed by atoms with Crippen molar-refractivity contribution < 1.29 is 0 Å². The smallest absolute Gasteiger partial charge is 0.126 e. The molecule has 0 bridgehead atoms. The molecule has 88 valence electrons. The first-order chi connectivity index (χ1) is 8.25. The molecule has 3 N–H and O–H groups in total. The van der Waals surface area contributed by atoms with Crippen LogP contribution in [0.2, 0.25) is 0 Å². The maximum atomic E-state index is 5.53. The number of thiophene rings is 1. The molecule has 0 aliphatic heterocycles. The van der Waals surface area contributed by atoms with Gasteiger partial charge in [-0.15, -0.1) is 0 Å². The van der Waals surface area contributed by atoms with Gasteiger partial charge in [0.15, 0.2) is 0 Å². The molecule has 0 aliphatic carbocycles. The van der Waals surface area contributed by atoms with Crippen LogP contribution in [-0.2, 0) is 6.42 Å². The summed E-state index contributed by atoms with van der Waals surface area (Å²) in [6.07, 6.45) is 0.989. The third-order valence-corrected chi connectivity index (χ3v) is 3.24. The van der Waals surface area contributed by atoms with Gasteiger partial charge in [0.2, 0.25) is 0 Å². The Bertz CT molecular complexity index is 494. The summed E-state index contributed by atoms with van der Waals surface area (Å²) in [4.78, 5) is 4.64. The van der Waals surface area contributed by atoms with E-state index in [0.29, 0.717) is 10.7 Å². The number of rotatable bonds is 5.